The molecule has 0 heterocycles. The minimum absolute atomic E-state index is 0.0223. The smallest absolute Gasteiger partial charge is 0.309 e. The number of hydrogen-bond acceptors (Lipinski definition) is 3. The predicted octanol–water partition coefficient (Wildman–Crippen LogP) is 7.05. The molecule has 3 rings (SSSR count). The van der Waals surface area contributed by atoms with Crippen LogP contribution >= 0.6 is 0 Å². The Morgan fingerprint density at radius 3 is 2.44 bits per heavy atom. The van der Waals surface area contributed by atoms with Crippen molar-refractivity contribution in [3.05, 3.63) is 59.5 Å². The monoisotopic (exact) mass is 445 g/mol. The fourth-order valence-electron chi connectivity index (χ4n) is 4.85. The summed E-state index contributed by atoms with van der Waals surface area (Å²) in [5, 5.41) is 8.35. The van der Waals surface area contributed by atoms with E-state index in [1.54, 1.807) is 12.1 Å². The molecule has 0 unspecified atom stereocenters. The molecule has 0 aliphatic heterocycles. The Labute approximate surface area is 188 Å². The average molecular weight is 446 g/mol. The molecule has 2 aliphatic rings. The molecule has 0 spiro atoms. The van der Waals surface area contributed by atoms with Gasteiger partial charge >= 0.3 is 5.97 Å². The topological polar surface area (TPSA) is 50.1 Å². The highest BCUT2D eigenvalue weighted by Crippen LogP contribution is 2.37. The molecule has 1 aromatic carbocycles. The van der Waals surface area contributed by atoms with E-state index in [1.807, 2.05) is 6.08 Å². The van der Waals surface area contributed by atoms with Crippen LogP contribution in [0.25, 0.3) is 0 Å². The van der Waals surface area contributed by atoms with E-state index in [2.05, 4.69) is 0 Å². The van der Waals surface area contributed by atoms with Crippen LogP contribution in [0.1, 0.15) is 75.7 Å². The zero-order valence-electron chi connectivity index (χ0n) is 18.2. The highest BCUT2D eigenvalue weighted by molar-refractivity contribution is 5.72. The van der Waals surface area contributed by atoms with Gasteiger partial charge in [0, 0.05) is 0 Å². The molecule has 2 aliphatic carbocycles. The number of hydrogen-bond donors (Lipinski definition) is 0. The molecule has 6 heteroatoms. The maximum absolute atomic E-state index is 13.5. The van der Waals surface area contributed by atoms with Gasteiger partial charge in [-0.1, -0.05) is 18.2 Å². The van der Waals surface area contributed by atoms with Crippen molar-refractivity contribution >= 4 is 5.97 Å². The van der Waals surface area contributed by atoms with Gasteiger partial charge in [0.15, 0.2) is 17.5 Å². The molecule has 172 valence electrons. The molecule has 0 saturated heterocycles. The van der Waals surface area contributed by atoms with E-state index in [9.17, 15) is 18.0 Å². The van der Waals surface area contributed by atoms with Crippen LogP contribution in [0, 0.1) is 34.8 Å². The second kappa shape index (κ2) is 11.9. The fourth-order valence-corrected chi connectivity index (χ4v) is 4.85. The number of rotatable bonds is 7. The summed E-state index contributed by atoms with van der Waals surface area (Å²) in [5.74, 6) is -1.94. The van der Waals surface area contributed by atoms with Gasteiger partial charge in [-0.3, -0.25) is 4.79 Å². The second-order valence-corrected chi connectivity index (χ2v) is 8.93. The maximum atomic E-state index is 13.5. The molecule has 3 nitrogen and oxygen atoms in total. The molecule has 0 aromatic heterocycles. The Hall–Kier alpha value is -2.55. The van der Waals surface area contributed by atoms with E-state index in [4.69, 9.17) is 10.00 Å². The quantitative estimate of drug-likeness (QED) is 0.257. The van der Waals surface area contributed by atoms with E-state index in [1.165, 1.54) is 24.3 Å². The van der Waals surface area contributed by atoms with Crippen molar-refractivity contribution < 1.29 is 22.7 Å². The summed E-state index contributed by atoms with van der Waals surface area (Å²) in [7, 11) is 0. The second-order valence-electron chi connectivity index (χ2n) is 8.93. The summed E-state index contributed by atoms with van der Waals surface area (Å²) < 4.78 is 45.1. The van der Waals surface area contributed by atoms with Crippen LogP contribution in [-0.2, 0) is 9.53 Å². The molecule has 0 atom stereocenters. The van der Waals surface area contributed by atoms with Crippen molar-refractivity contribution in [2.45, 2.75) is 76.2 Å². The van der Waals surface area contributed by atoms with Crippen LogP contribution in [0.5, 0.6) is 0 Å². The maximum Gasteiger partial charge on any atom is 0.309 e. The zero-order chi connectivity index (χ0) is 22.9. The number of carbonyl (C=O) groups excluding carboxylic acids is 1. The summed E-state index contributed by atoms with van der Waals surface area (Å²) in [6.07, 6.45) is 13.2. The third kappa shape index (κ3) is 6.98. The molecule has 1 aromatic rings. The first-order chi connectivity index (χ1) is 15.5. The molecule has 32 heavy (non-hydrogen) atoms. The summed E-state index contributed by atoms with van der Waals surface area (Å²) >= 11 is 0. The Morgan fingerprint density at radius 1 is 1.06 bits per heavy atom. The number of nitriles is 1. The normalized spacial score (nSPS) is 26.6. The summed E-state index contributed by atoms with van der Waals surface area (Å²) in [6, 6.07) is 5.52. The van der Waals surface area contributed by atoms with Crippen molar-refractivity contribution in [1.82, 2.24) is 0 Å². The SMILES string of the molecule is N#CC(F)=CC=CCC[C@H]1CC[C@H](OC(=O)[C@H]2CC[C@H](c3ccc(F)c(F)c3)CC2)CC1. The molecule has 2 fully saturated rings. The van der Waals surface area contributed by atoms with E-state index in [0.717, 1.165) is 56.9 Å². The highest BCUT2D eigenvalue weighted by Gasteiger charge is 2.31. The Kier molecular flexibility index (Phi) is 8.96. The lowest BCUT2D eigenvalue weighted by Crippen LogP contribution is -2.29. The van der Waals surface area contributed by atoms with Gasteiger partial charge in [-0.05, 0) is 99.8 Å². The highest BCUT2D eigenvalue weighted by atomic mass is 19.2. The summed E-state index contributed by atoms with van der Waals surface area (Å²) in [4.78, 5) is 12.6. The summed E-state index contributed by atoms with van der Waals surface area (Å²) in [6.45, 7) is 0. The fraction of sp³-hybridized carbons (Fsp3) is 0.538. The number of esters is 1. The predicted molar refractivity (Wildman–Crippen MR) is 116 cm³/mol. The van der Waals surface area contributed by atoms with Crippen molar-refractivity contribution in [2.75, 3.05) is 0 Å². The molecule has 0 radical (unpaired) electrons. The number of ether oxygens (including phenoxy) is 1. The molecule has 0 amide bonds. The number of nitrogens with zero attached hydrogens (tertiary/aromatic N) is 1. The van der Waals surface area contributed by atoms with E-state index in [-0.39, 0.29) is 23.9 Å². The molecular weight excluding hydrogens is 415 g/mol. The Morgan fingerprint density at radius 2 is 1.78 bits per heavy atom. The number of benzene rings is 1. The van der Waals surface area contributed by atoms with Gasteiger partial charge in [0.25, 0.3) is 0 Å². The summed E-state index contributed by atoms with van der Waals surface area (Å²) in [5.41, 5.74) is 0.801. The zero-order valence-corrected chi connectivity index (χ0v) is 18.2. The van der Waals surface area contributed by atoms with Gasteiger partial charge in [0.2, 0.25) is 0 Å². The molecule has 0 N–H and O–H groups in total. The van der Waals surface area contributed by atoms with Crippen LogP contribution in [0.3, 0.4) is 0 Å². The molecule has 2 saturated carbocycles. The van der Waals surface area contributed by atoms with E-state index in [0.29, 0.717) is 18.8 Å². The van der Waals surface area contributed by atoms with Crippen molar-refractivity contribution in [1.29, 1.82) is 5.26 Å². The van der Waals surface area contributed by atoms with Gasteiger partial charge in [-0.15, -0.1) is 0 Å². The van der Waals surface area contributed by atoms with Crippen molar-refractivity contribution in [2.24, 2.45) is 11.8 Å². The van der Waals surface area contributed by atoms with Gasteiger partial charge < -0.3 is 4.74 Å². The van der Waals surface area contributed by atoms with Crippen LogP contribution in [0.2, 0.25) is 0 Å². The van der Waals surface area contributed by atoms with Gasteiger partial charge in [-0.2, -0.15) is 9.65 Å². The number of halogens is 3. The lowest BCUT2D eigenvalue weighted by Gasteiger charge is -2.31. The van der Waals surface area contributed by atoms with E-state index >= 15 is 0 Å². The molecular formula is C26H30F3NO2. The van der Waals surface area contributed by atoms with Crippen molar-refractivity contribution in [3.63, 3.8) is 0 Å². The first-order valence-corrected chi connectivity index (χ1v) is 11.5. The number of carbonyl (C=O) groups is 1. The number of allylic oxidation sites excluding steroid dienone is 4. The van der Waals surface area contributed by atoms with Crippen LogP contribution in [0.15, 0.2) is 42.3 Å². The minimum atomic E-state index is -0.833. The largest absolute Gasteiger partial charge is 0.462 e. The first kappa shape index (κ1) is 24.1. The van der Waals surface area contributed by atoms with Crippen LogP contribution < -0.4 is 0 Å². The van der Waals surface area contributed by atoms with Crippen LogP contribution in [0.4, 0.5) is 13.2 Å². The van der Waals surface area contributed by atoms with Gasteiger partial charge in [-0.25, -0.2) is 8.78 Å². The average Bonchev–Trinajstić information content (AvgIpc) is 2.81. The minimum Gasteiger partial charge on any atom is -0.462 e. The lowest BCUT2D eigenvalue weighted by molar-refractivity contribution is -0.157. The Bertz CT molecular complexity index is 874. The molecule has 0 bridgehead atoms. The van der Waals surface area contributed by atoms with Gasteiger partial charge in [0.05, 0.1) is 5.92 Å². The third-order valence-electron chi connectivity index (χ3n) is 6.78. The van der Waals surface area contributed by atoms with Crippen molar-refractivity contribution in [3.8, 4) is 6.07 Å². The third-order valence-corrected chi connectivity index (χ3v) is 6.78. The standard InChI is InChI=1S/C26H30F3NO2/c27-22(17-30)5-3-1-2-4-18-6-13-23(14-7-18)32-26(31)20-10-8-19(9-11-20)21-12-15-24(28)25(29)16-21/h1,3,5,12,15-16,18-20,23H,2,4,6-11,13-14H2/t18-,19-,20-,23-. The van der Waals surface area contributed by atoms with Gasteiger partial charge in [0.1, 0.15) is 12.2 Å². The van der Waals surface area contributed by atoms with Crippen LogP contribution in [-0.4, -0.2) is 12.1 Å². The van der Waals surface area contributed by atoms with E-state index < -0.39 is 17.5 Å². The Balaban J connectivity index is 1.35. The first-order valence-electron chi connectivity index (χ1n) is 11.5. The lowest BCUT2D eigenvalue weighted by atomic mass is 9.78.